The number of rotatable bonds is 11. The Balaban J connectivity index is 1.29. The van der Waals surface area contributed by atoms with Crippen molar-refractivity contribution < 1.29 is 23.7 Å². The maximum Gasteiger partial charge on any atom is 0.139 e. The van der Waals surface area contributed by atoms with E-state index < -0.39 is 0 Å². The van der Waals surface area contributed by atoms with Crippen molar-refractivity contribution in [3.8, 4) is 84.8 Å². The number of benzene rings is 6. The Kier molecular flexibility index (Phi) is 12.9. The molecule has 0 fully saturated rings. The molecule has 0 unspecified atom stereocenters. The number of para-hydroxylation sites is 2. The van der Waals surface area contributed by atoms with Gasteiger partial charge in [0.2, 0.25) is 0 Å². The Morgan fingerprint density at radius 2 is 0.618 bits per heavy atom. The fraction of sp³-hybridized carbons (Fsp3) is 0.164. The van der Waals surface area contributed by atoms with Crippen molar-refractivity contribution in [3.05, 3.63) is 198 Å². The lowest BCUT2D eigenvalue weighted by Gasteiger charge is -2.25. The van der Waals surface area contributed by atoms with Gasteiger partial charge < -0.3 is 33.7 Å². The van der Waals surface area contributed by atoms with Crippen molar-refractivity contribution in [1.29, 1.82) is 0 Å². The monoisotopic (exact) mass is 1000 g/mol. The van der Waals surface area contributed by atoms with E-state index in [1.165, 1.54) is 0 Å². The Morgan fingerprint density at radius 1 is 0.316 bits per heavy atom. The third-order valence-electron chi connectivity index (χ3n) is 14.0. The molecule has 2 aliphatic rings. The lowest BCUT2D eigenvalue weighted by molar-refractivity contribution is 0.415. The van der Waals surface area contributed by atoms with Crippen LogP contribution < -0.4 is 23.7 Å². The van der Waals surface area contributed by atoms with E-state index in [4.69, 9.17) is 33.7 Å². The van der Waals surface area contributed by atoms with Crippen LogP contribution in [0.5, 0.6) is 40.2 Å². The Morgan fingerprint density at radius 3 is 0.947 bits per heavy atom. The van der Waals surface area contributed by atoms with E-state index in [2.05, 4.69) is 161 Å². The third-order valence-corrected chi connectivity index (χ3v) is 14.0. The average Bonchev–Trinajstić information content (AvgIpc) is 4.30. The molecule has 0 spiro atoms. The van der Waals surface area contributed by atoms with Crippen LogP contribution in [0, 0.1) is 0 Å². The SMILES string of the molecule is COc1ccc(-c2c3nc(c(-c4ccc(OC)cc4)c4ccc([nH]4)c(-c4c(Oc5ccccc5C(C)(C)C)cccc4Oc4ccccc4C(C)(C)C)c4nc(c(-c5ccc(OC)cc5)c5ccc2[nH]5)C=C4)C=C3)cc1. The summed E-state index contributed by atoms with van der Waals surface area (Å²) in [5.74, 6) is 4.97. The van der Waals surface area contributed by atoms with Gasteiger partial charge in [-0.25, -0.2) is 9.97 Å². The number of hydrogen-bond donors (Lipinski definition) is 2. The van der Waals surface area contributed by atoms with Gasteiger partial charge in [-0.15, -0.1) is 0 Å². The fourth-order valence-corrected chi connectivity index (χ4v) is 10.2. The van der Waals surface area contributed by atoms with E-state index in [0.29, 0.717) is 17.2 Å². The summed E-state index contributed by atoms with van der Waals surface area (Å²) in [6.45, 7) is 13.2. The molecule has 9 aromatic rings. The van der Waals surface area contributed by atoms with Gasteiger partial charge in [-0.3, -0.25) is 0 Å². The maximum atomic E-state index is 7.25. The summed E-state index contributed by atoms with van der Waals surface area (Å²) in [6, 6.07) is 55.4. The van der Waals surface area contributed by atoms with Gasteiger partial charge in [0, 0.05) is 55.4 Å². The molecule has 3 aromatic heterocycles. The Hall–Kier alpha value is -9.08. The van der Waals surface area contributed by atoms with E-state index in [1.54, 1.807) is 21.3 Å². The number of methoxy groups -OCH3 is 3. The first-order chi connectivity index (χ1) is 36.8. The average molecular weight is 1000 g/mol. The van der Waals surface area contributed by atoms with Crippen LogP contribution in [0.25, 0.3) is 90.9 Å². The molecular weight excluding hydrogens is 941 g/mol. The lowest BCUT2D eigenvalue weighted by Crippen LogP contribution is -2.13. The molecule has 0 radical (unpaired) electrons. The smallest absolute Gasteiger partial charge is 0.139 e. The topological polar surface area (TPSA) is 104 Å². The number of fused-ring (bicyclic) bond motifs is 8. The minimum atomic E-state index is -0.219. The van der Waals surface area contributed by atoms with E-state index >= 15 is 0 Å². The number of nitrogens with zero attached hydrogens (tertiary/aromatic N) is 2. The Labute approximate surface area is 444 Å². The van der Waals surface area contributed by atoms with Gasteiger partial charge in [0.15, 0.2) is 0 Å². The number of H-pyrrole nitrogens is 2. The molecule has 0 saturated carbocycles. The number of hydrogen-bond acceptors (Lipinski definition) is 7. The van der Waals surface area contributed by atoms with Gasteiger partial charge in [0.25, 0.3) is 0 Å². The van der Waals surface area contributed by atoms with Crippen LogP contribution in [0.3, 0.4) is 0 Å². The molecule has 0 amide bonds. The predicted molar refractivity (Wildman–Crippen MR) is 311 cm³/mol. The van der Waals surface area contributed by atoms with Gasteiger partial charge in [-0.1, -0.05) is 120 Å². The predicted octanol–water partition coefficient (Wildman–Crippen LogP) is 17.5. The minimum absolute atomic E-state index is 0.219. The van der Waals surface area contributed by atoms with Crippen molar-refractivity contribution in [2.45, 2.75) is 52.4 Å². The van der Waals surface area contributed by atoms with E-state index in [0.717, 1.165) is 124 Å². The molecule has 378 valence electrons. The van der Waals surface area contributed by atoms with Crippen LogP contribution in [0.2, 0.25) is 0 Å². The largest absolute Gasteiger partial charge is 0.497 e. The molecule has 6 aromatic carbocycles. The van der Waals surface area contributed by atoms with E-state index in [1.807, 2.05) is 78.9 Å². The molecule has 2 aliphatic heterocycles. The summed E-state index contributed by atoms with van der Waals surface area (Å²) in [4.78, 5) is 19.0. The molecule has 2 N–H and O–H groups in total. The van der Waals surface area contributed by atoms with Gasteiger partial charge >= 0.3 is 0 Å². The third kappa shape index (κ3) is 9.52. The van der Waals surface area contributed by atoms with Crippen molar-refractivity contribution in [1.82, 2.24) is 19.9 Å². The highest BCUT2D eigenvalue weighted by molar-refractivity contribution is 6.01. The second kappa shape index (κ2) is 20.0. The van der Waals surface area contributed by atoms with Crippen LogP contribution in [0.15, 0.2) is 164 Å². The van der Waals surface area contributed by atoms with Crippen molar-refractivity contribution in [2.75, 3.05) is 21.3 Å². The molecule has 5 heterocycles. The summed E-state index contributed by atoms with van der Waals surface area (Å²) in [7, 11) is 5.04. The summed E-state index contributed by atoms with van der Waals surface area (Å²) in [5, 5.41) is 0. The van der Waals surface area contributed by atoms with Crippen LogP contribution in [-0.2, 0) is 10.8 Å². The summed E-state index contributed by atoms with van der Waals surface area (Å²) >= 11 is 0. The van der Waals surface area contributed by atoms with Gasteiger partial charge in [0.1, 0.15) is 40.2 Å². The van der Waals surface area contributed by atoms with Crippen molar-refractivity contribution in [2.24, 2.45) is 0 Å². The molecule has 0 aliphatic carbocycles. The molecule has 11 rings (SSSR count). The normalized spacial score (nSPS) is 12.2. The number of nitrogens with one attached hydrogen (secondary N) is 2. The quantitative estimate of drug-likeness (QED) is 0.133. The zero-order chi connectivity index (χ0) is 52.7. The summed E-state index contributed by atoms with van der Waals surface area (Å²) in [6.07, 6.45) is 8.38. The zero-order valence-corrected chi connectivity index (χ0v) is 44.3. The number of ether oxygens (including phenoxy) is 5. The van der Waals surface area contributed by atoms with Gasteiger partial charge in [-0.2, -0.15) is 0 Å². The van der Waals surface area contributed by atoms with Crippen LogP contribution >= 0.6 is 0 Å². The highest BCUT2D eigenvalue weighted by Crippen LogP contribution is 2.49. The number of aromatic nitrogens is 4. The molecule has 9 nitrogen and oxygen atoms in total. The first kappa shape index (κ1) is 49.1. The minimum Gasteiger partial charge on any atom is -0.497 e. The highest BCUT2D eigenvalue weighted by atomic mass is 16.5. The molecule has 8 bridgehead atoms. The second-order valence-corrected chi connectivity index (χ2v) is 21.0. The lowest BCUT2D eigenvalue weighted by atomic mass is 9.86. The van der Waals surface area contributed by atoms with Crippen LogP contribution in [-0.4, -0.2) is 41.3 Å². The summed E-state index contributed by atoms with van der Waals surface area (Å²) in [5.41, 5.74) is 15.2. The summed E-state index contributed by atoms with van der Waals surface area (Å²) < 4.78 is 31.4. The molecule has 0 atom stereocenters. The van der Waals surface area contributed by atoms with Crippen molar-refractivity contribution >= 4 is 46.4 Å². The first-order valence-corrected chi connectivity index (χ1v) is 25.6. The maximum absolute atomic E-state index is 7.25. The number of aromatic amines is 2. The van der Waals surface area contributed by atoms with Gasteiger partial charge in [0.05, 0.1) is 49.7 Å². The highest BCUT2D eigenvalue weighted by Gasteiger charge is 2.27. The Bertz CT molecular complexity index is 3760. The zero-order valence-electron chi connectivity index (χ0n) is 44.3. The van der Waals surface area contributed by atoms with Gasteiger partial charge in [-0.05, 0) is 137 Å². The van der Waals surface area contributed by atoms with Crippen molar-refractivity contribution in [3.63, 3.8) is 0 Å². The van der Waals surface area contributed by atoms with E-state index in [9.17, 15) is 0 Å². The molecule has 0 saturated heterocycles. The van der Waals surface area contributed by atoms with E-state index in [-0.39, 0.29) is 10.8 Å². The first-order valence-electron chi connectivity index (χ1n) is 25.6. The second-order valence-electron chi connectivity index (χ2n) is 21.0. The molecule has 9 heteroatoms. The molecule has 76 heavy (non-hydrogen) atoms. The fourth-order valence-electron chi connectivity index (χ4n) is 10.2. The van der Waals surface area contributed by atoms with Crippen LogP contribution in [0.4, 0.5) is 0 Å². The standard InChI is InChI=1S/C67H60N4O5/c1-66(2,3)47-15-10-12-17-57(47)75-59-19-14-20-60(76-58-18-13-11-16-48(58)67(4,5)6)65(59)64-55-39-37-53(70-55)62(42-23-29-45(73-8)30-24-42)51-35-33-49(68-51)61(41-21-27-44(72-7)28-22-41)50-34-36-52(69-50)63(54-38-40-56(64)71-54)43-25-31-46(74-9)32-26-43/h10-40,68,71H,1-9H3. The van der Waals surface area contributed by atoms with Crippen LogP contribution in [0.1, 0.15) is 75.4 Å². The molecular formula is C67H60N4O5.